The molecule has 6 rings (SSSR count). The minimum atomic E-state index is 0. The number of rotatable bonds is 1. The predicted octanol–water partition coefficient (Wildman–Crippen LogP) is 8.49. The number of benzene rings is 1. The third-order valence-electron chi connectivity index (χ3n) is 5.56. The van der Waals surface area contributed by atoms with E-state index in [9.17, 15) is 0 Å². The molecule has 4 aromatic rings. The SMILES string of the molecule is Cc1ccc(-c2c3nc(cc4ccc(cc5nc(cc6ccc2[nH]6)C=C5)[nH]4)C=C3)cc1.I.I.I. The standard InChI is InChI=1S/C27H20N4.3HI/c1-17-2-4-18(5-3-17)27-25-12-10-23(30-25)15-21-8-6-19(28-21)14-20-7-9-22(29-20)16-24-11-13-26(27)31-24;;;/h2-16,28,31H,1H3;3*1H. The van der Waals surface area contributed by atoms with E-state index < -0.39 is 0 Å². The first-order valence-electron chi connectivity index (χ1n) is 10.3. The highest BCUT2D eigenvalue weighted by atomic mass is 127. The largest absolute Gasteiger partial charge is 0.355 e. The molecule has 0 radical (unpaired) electrons. The van der Waals surface area contributed by atoms with Crippen molar-refractivity contribution in [2.45, 2.75) is 6.92 Å². The Morgan fingerprint density at radius 2 is 1.09 bits per heavy atom. The molecular weight excluding hydrogens is 761 g/mol. The van der Waals surface area contributed by atoms with E-state index in [2.05, 4.69) is 89.7 Å². The fourth-order valence-electron chi connectivity index (χ4n) is 4.03. The van der Waals surface area contributed by atoms with Gasteiger partial charge in [-0.1, -0.05) is 29.8 Å². The minimum absolute atomic E-state index is 0. The first-order chi connectivity index (χ1) is 15.2. The summed E-state index contributed by atoms with van der Waals surface area (Å²) >= 11 is 0. The Morgan fingerprint density at radius 3 is 1.74 bits per heavy atom. The van der Waals surface area contributed by atoms with E-state index in [1.807, 2.05) is 18.2 Å². The fraction of sp³-hybridized carbons (Fsp3) is 0.0370. The molecule has 172 valence electrons. The van der Waals surface area contributed by atoms with E-state index in [1.54, 1.807) is 0 Å². The van der Waals surface area contributed by atoms with Gasteiger partial charge in [0.2, 0.25) is 0 Å². The van der Waals surface area contributed by atoms with Crippen LogP contribution in [0.25, 0.3) is 57.5 Å². The highest BCUT2D eigenvalue weighted by Crippen LogP contribution is 2.30. The smallest absolute Gasteiger partial charge is 0.0736 e. The number of aromatic nitrogens is 4. The van der Waals surface area contributed by atoms with E-state index in [0.29, 0.717) is 0 Å². The first-order valence-corrected chi connectivity index (χ1v) is 10.3. The maximum absolute atomic E-state index is 4.93. The first kappa shape index (κ1) is 26.6. The molecule has 0 fully saturated rings. The van der Waals surface area contributed by atoms with E-state index in [-0.39, 0.29) is 71.9 Å². The average molecular weight is 784 g/mol. The van der Waals surface area contributed by atoms with Gasteiger partial charge in [0.1, 0.15) is 0 Å². The van der Waals surface area contributed by atoms with Crippen molar-refractivity contribution in [3.8, 4) is 11.1 Å². The normalized spacial score (nSPS) is 11.3. The molecule has 0 atom stereocenters. The molecule has 2 aliphatic rings. The molecule has 3 aromatic heterocycles. The maximum Gasteiger partial charge on any atom is 0.0736 e. The monoisotopic (exact) mass is 784 g/mol. The lowest BCUT2D eigenvalue weighted by atomic mass is 10.0. The van der Waals surface area contributed by atoms with Crippen LogP contribution in [0.2, 0.25) is 0 Å². The molecule has 2 N–H and O–H groups in total. The van der Waals surface area contributed by atoms with Crippen LogP contribution in [0.4, 0.5) is 0 Å². The number of H-pyrrole nitrogens is 2. The molecule has 34 heavy (non-hydrogen) atoms. The zero-order valence-corrected chi connectivity index (χ0v) is 25.3. The van der Waals surface area contributed by atoms with Crippen molar-refractivity contribution in [3.63, 3.8) is 0 Å². The Hall–Kier alpha value is -1.99. The number of nitrogens with zero attached hydrogens (tertiary/aromatic N) is 2. The number of aromatic amines is 2. The number of hydrogen-bond donors (Lipinski definition) is 2. The van der Waals surface area contributed by atoms with E-state index in [1.165, 1.54) is 5.56 Å². The van der Waals surface area contributed by atoms with Crippen molar-refractivity contribution < 1.29 is 0 Å². The number of fused-ring (bicyclic) bond motifs is 8. The van der Waals surface area contributed by atoms with Crippen LogP contribution in [0.1, 0.15) is 28.3 Å². The summed E-state index contributed by atoms with van der Waals surface area (Å²) in [6, 6.07) is 23.1. The van der Waals surface area contributed by atoms with Crippen LogP contribution in [-0.2, 0) is 0 Å². The van der Waals surface area contributed by atoms with Gasteiger partial charge in [0, 0.05) is 27.6 Å². The third kappa shape index (κ3) is 5.46. The fourth-order valence-corrected chi connectivity index (χ4v) is 4.03. The molecule has 0 spiro atoms. The van der Waals surface area contributed by atoms with Gasteiger partial charge in [-0.05, 0) is 79.3 Å². The lowest BCUT2D eigenvalue weighted by Gasteiger charge is -2.04. The van der Waals surface area contributed by atoms with Gasteiger partial charge in [-0.25, -0.2) is 9.97 Å². The third-order valence-corrected chi connectivity index (χ3v) is 5.56. The number of aryl methyl sites for hydroxylation is 1. The van der Waals surface area contributed by atoms with Crippen LogP contribution in [0.5, 0.6) is 0 Å². The van der Waals surface area contributed by atoms with Crippen molar-refractivity contribution >= 4 is 118 Å². The summed E-state index contributed by atoms with van der Waals surface area (Å²) < 4.78 is 0. The van der Waals surface area contributed by atoms with Crippen molar-refractivity contribution in [2.24, 2.45) is 0 Å². The van der Waals surface area contributed by atoms with Crippen LogP contribution >= 0.6 is 71.9 Å². The lowest BCUT2D eigenvalue weighted by molar-refractivity contribution is 1.31. The van der Waals surface area contributed by atoms with Crippen LogP contribution in [0.15, 0.2) is 66.7 Å². The van der Waals surface area contributed by atoms with E-state index in [0.717, 1.165) is 56.0 Å². The van der Waals surface area contributed by atoms with Gasteiger partial charge in [0.05, 0.1) is 22.8 Å². The van der Waals surface area contributed by atoms with Gasteiger partial charge in [0.15, 0.2) is 0 Å². The second-order valence-electron chi connectivity index (χ2n) is 7.92. The van der Waals surface area contributed by atoms with E-state index >= 15 is 0 Å². The van der Waals surface area contributed by atoms with Gasteiger partial charge >= 0.3 is 0 Å². The highest BCUT2D eigenvalue weighted by Gasteiger charge is 2.10. The Labute approximate surface area is 249 Å². The number of halogens is 3. The summed E-state index contributed by atoms with van der Waals surface area (Å²) in [5.41, 5.74) is 11.3. The molecule has 8 bridgehead atoms. The van der Waals surface area contributed by atoms with Crippen molar-refractivity contribution in [2.75, 3.05) is 0 Å². The van der Waals surface area contributed by atoms with Crippen LogP contribution in [0, 0.1) is 6.92 Å². The summed E-state index contributed by atoms with van der Waals surface area (Å²) in [6.45, 7) is 2.10. The van der Waals surface area contributed by atoms with Crippen molar-refractivity contribution in [3.05, 3.63) is 95.1 Å². The second kappa shape index (κ2) is 11.2. The molecule has 1 aromatic carbocycles. The summed E-state index contributed by atoms with van der Waals surface area (Å²) in [5.74, 6) is 0. The Morgan fingerprint density at radius 1 is 0.559 bits per heavy atom. The summed E-state index contributed by atoms with van der Waals surface area (Å²) in [6.07, 6.45) is 8.22. The highest BCUT2D eigenvalue weighted by molar-refractivity contribution is 14.0. The van der Waals surface area contributed by atoms with Crippen LogP contribution in [0.3, 0.4) is 0 Å². The van der Waals surface area contributed by atoms with Crippen molar-refractivity contribution in [1.82, 2.24) is 19.9 Å². The lowest BCUT2D eigenvalue weighted by Crippen LogP contribution is -1.85. The molecule has 0 saturated carbocycles. The average Bonchev–Trinajstić information content (AvgIpc) is 3.55. The topological polar surface area (TPSA) is 57.4 Å². The summed E-state index contributed by atoms with van der Waals surface area (Å²) in [4.78, 5) is 16.6. The maximum atomic E-state index is 4.93. The van der Waals surface area contributed by atoms with Gasteiger partial charge in [0.25, 0.3) is 0 Å². The molecule has 7 heteroatoms. The van der Waals surface area contributed by atoms with Gasteiger partial charge in [-0.2, -0.15) is 0 Å². The molecule has 4 nitrogen and oxygen atoms in total. The molecule has 0 amide bonds. The zero-order chi connectivity index (χ0) is 20.8. The zero-order valence-electron chi connectivity index (χ0n) is 18.3. The minimum Gasteiger partial charge on any atom is -0.355 e. The molecule has 5 heterocycles. The molecule has 0 unspecified atom stereocenters. The second-order valence-corrected chi connectivity index (χ2v) is 7.92. The number of nitrogens with one attached hydrogen (secondary N) is 2. The molecule has 0 aliphatic carbocycles. The van der Waals surface area contributed by atoms with Crippen molar-refractivity contribution in [1.29, 1.82) is 0 Å². The Kier molecular flexibility index (Phi) is 8.74. The van der Waals surface area contributed by atoms with Gasteiger partial charge in [-0.3, -0.25) is 0 Å². The summed E-state index contributed by atoms with van der Waals surface area (Å²) in [7, 11) is 0. The van der Waals surface area contributed by atoms with Gasteiger partial charge in [-0.15, -0.1) is 71.9 Å². The molecule has 0 saturated heterocycles. The number of hydrogen-bond acceptors (Lipinski definition) is 2. The quantitative estimate of drug-likeness (QED) is 0.165. The predicted molar refractivity (Wildman–Crippen MR) is 175 cm³/mol. The van der Waals surface area contributed by atoms with Crippen LogP contribution < -0.4 is 0 Å². The Bertz CT molecular complexity index is 1540. The Balaban J connectivity index is 0.00000108. The molecular formula is C27H23I3N4. The van der Waals surface area contributed by atoms with Gasteiger partial charge < -0.3 is 9.97 Å². The van der Waals surface area contributed by atoms with E-state index in [4.69, 9.17) is 9.97 Å². The molecule has 2 aliphatic heterocycles. The van der Waals surface area contributed by atoms with Crippen LogP contribution in [-0.4, -0.2) is 19.9 Å². The summed E-state index contributed by atoms with van der Waals surface area (Å²) in [5, 5.41) is 0.